The second-order valence-electron chi connectivity index (χ2n) is 5.55. The van der Waals surface area contributed by atoms with Crippen molar-refractivity contribution < 1.29 is 8.42 Å². The monoisotopic (exact) mass is 325 g/mol. The third-order valence-electron chi connectivity index (χ3n) is 4.08. The van der Waals surface area contributed by atoms with E-state index in [1.807, 2.05) is 30.3 Å². The molecular weight excluding hydrogens is 310 g/mol. The first-order chi connectivity index (χ1) is 11.1. The van der Waals surface area contributed by atoms with Gasteiger partial charge < -0.3 is 0 Å². The molecule has 1 heterocycles. The van der Waals surface area contributed by atoms with Crippen molar-refractivity contribution in [3.8, 4) is 0 Å². The Morgan fingerprint density at radius 1 is 1.04 bits per heavy atom. The number of allylic oxidation sites excluding steroid dienone is 1. The van der Waals surface area contributed by atoms with Crippen LogP contribution < -0.4 is 4.72 Å². The van der Waals surface area contributed by atoms with Gasteiger partial charge in [-0.05, 0) is 36.1 Å². The lowest BCUT2D eigenvalue weighted by Gasteiger charge is -2.17. The molecule has 0 bridgehead atoms. The van der Waals surface area contributed by atoms with E-state index in [1.54, 1.807) is 24.4 Å². The quantitative estimate of drug-likeness (QED) is 0.776. The number of aryl methyl sites for hydroxylation is 1. The van der Waals surface area contributed by atoms with Gasteiger partial charge in [-0.1, -0.05) is 36.4 Å². The van der Waals surface area contributed by atoms with Crippen LogP contribution in [-0.4, -0.2) is 18.6 Å². The first-order valence-electron chi connectivity index (χ1n) is 7.37. The van der Waals surface area contributed by atoms with Gasteiger partial charge in [-0.2, -0.15) is 5.10 Å². The van der Waals surface area contributed by atoms with Crippen LogP contribution in [0.5, 0.6) is 0 Å². The van der Waals surface area contributed by atoms with Gasteiger partial charge >= 0.3 is 0 Å². The summed E-state index contributed by atoms with van der Waals surface area (Å²) in [4.78, 5) is 0.410. The average Bonchev–Trinajstić information content (AvgIpc) is 3.04. The van der Waals surface area contributed by atoms with Crippen molar-refractivity contribution >= 4 is 32.7 Å². The summed E-state index contributed by atoms with van der Waals surface area (Å²) >= 11 is 0. The molecule has 1 aliphatic rings. The van der Waals surface area contributed by atoms with E-state index in [4.69, 9.17) is 0 Å². The van der Waals surface area contributed by atoms with Crippen LogP contribution in [0.25, 0.3) is 17.0 Å². The lowest BCUT2D eigenvalue weighted by Crippen LogP contribution is -2.17. The fourth-order valence-electron chi connectivity index (χ4n) is 2.88. The number of anilines is 1. The minimum Gasteiger partial charge on any atom is -0.278 e. The molecule has 0 amide bonds. The molecule has 2 N–H and O–H groups in total. The molecule has 3 aromatic rings. The maximum absolute atomic E-state index is 12.7. The van der Waals surface area contributed by atoms with Gasteiger partial charge in [0.25, 0.3) is 10.0 Å². The zero-order valence-electron chi connectivity index (χ0n) is 12.3. The SMILES string of the molecule is O=S(=O)(Nc1cccc2cn[nH]c12)C1=Cc2ccccc2CC1. The minimum absolute atomic E-state index is 0.410. The molecule has 2 aromatic carbocycles. The lowest BCUT2D eigenvalue weighted by molar-refractivity contribution is 0.605. The summed E-state index contributed by atoms with van der Waals surface area (Å²) in [5, 5.41) is 7.66. The molecule has 6 heteroatoms. The standard InChI is InChI=1S/C17H15N3O2S/c21-23(22,15-9-8-12-4-1-2-5-13(12)10-15)20-16-7-3-6-14-11-18-19-17(14)16/h1-7,10-11,20H,8-9H2,(H,18,19). The van der Waals surface area contributed by atoms with Crippen molar-refractivity contribution in [2.75, 3.05) is 4.72 Å². The van der Waals surface area contributed by atoms with Crippen LogP contribution in [0.1, 0.15) is 17.5 Å². The number of nitrogens with one attached hydrogen (secondary N) is 2. The summed E-state index contributed by atoms with van der Waals surface area (Å²) in [6.45, 7) is 0. The lowest BCUT2D eigenvalue weighted by atomic mass is 9.98. The van der Waals surface area contributed by atoms with Gasteiger partial charge in [-0.3, -0.25) is 9.82 Å². The molecule has 0 saturated carbocycles. The number of sulfonamides is 1. The van der Waals surface area contributed by atoms with Crippen molar-refractivity contribution in [2.45, 2.75) is 12.8 Å². The highest BCUT2D eigenvalue weighted by Crippen LogP contribution is 2.29. The van der Waals surface area contributed by atoms with Crippen LogP contribution in [0.15, 0.2) is 53.6 Å². The zero-order valence-corrected chi connectivity index (χ0v) is 13.1. The first-order valence-corrected chi connectivity index (χ1v) is 8.85. The van der Waals surface area contributed by atoms with Gasteiger partial charge in [-0.25, -0.2) is 8.42 Å². The maximum atomic E-state index is 12.7. The number of hydrogen-bond donors (Lipinski definition) is 2. The van der Waals surface area contributed by atoms with Crippen molar-refractivity contribution in [2.24, 2.45) is 0 Å². The minimum atomic E-state index is -3.59. The van der Waals surface area contributed by atoms with E-state index in [9.17, 15) is 8.42 Å². The molecule has 0 atom stereocenters. The summed E-state index contributed by atoms with van der Waals surface area (Å²) in [6.07, 6.45) is 4.67. The fourth-order valence-corrected chi connectivity index (χ4v) is 4.13. The van der Waals surface area contributed by atoms with Gasteiger partial charge in [0.2, 0.25) is 0 Å². The molecule has 1 aliphatic carbocycles. The summed E-state index contributed by atoms with van der Waals surface area (Å²) in [5.41, 5.74) is 3.36. The molecule has 0 unspecified atom stereocenters. The molecule has 5 nitrogen and oxygen atoms in total. The molecule has 0 aliphatic heterocycles. The van der Waals surface area contributed by atoms with Crippen molar-refractivity contribution in [3.05, 3.63) is 64.7 Å². The Kier molecular flexibility index (Phi) is 3.20. The Balaban J connectivity index is 1.72. The molecular formula is C17H15N3O2S. The normalized spacial score (nSPS) is 14.3. The third-order valence-corrected chi connectivity index (χ3v) is 5.58. The number of aromatic nitrogens is 2. The van der Waals surface area contributed by atoms with Gasteiger partial charge in [0.05, 0.1) is 22.3 Å². The highest BCUT2D eigenvalue weighted by molar-refractivity contribution is 7.96. The molecule has 116 valence electrons. The molecule has 1 aromatic heterocycles. The number of rotatable bonds is 3. The van der Waals surface area contributed by atoms with Crippen molar-refractivity contribution in [1.82, 2.24) is 10.2 Å². The van der Waals surface area contributed by atoms with E-state index in [2.05, 4.69) is 14.9 Å². The van der Waals surface area contributed by atoms with E-state index < -0.39 is 10.0 Å². The molecule has 0 saturated heterocycles. The predicted octanol–water partition coefficient (Wildman–Crippen LogP) is 3.29. The van der Waals surface area contributed by atoms with Crippen molar-refractivity contribution in [3.63, 3.8) is 0 Å². The number of fused-ring (bicyclic) bond motifs is 2. The predicted molar refractivity (Wildman–Crippen MR) is 91.4 cm³/mol. The fraction of sp³-hybridized carbons (Fsp3) is 0.118. The second-order valence-corrected chi connectivity index (χ2v) is 7.29. The largest absolute Gasteiger partial charge is 0.278 e. The Bertz CT molecular complexity index is 1020. The number of benzene rings is 2. The van der Waals surface area contributed by atoms with Gasteiger partial charge in [-0.15, -0.1) is 0 Å². The van der Waals surface area contributed by atoms with Gasteiger partial charge in [0.1, 0.15) is 0 Å². The third kappa shape index (κ3) is 2.51. The van der Waals surface area contributed by atoms with E-state index in [0.29, 0.717) is 22.5 Å². The van der Waals surface area contributed by atoms with Crippen LogP contribution in [0, 0.1) is 0 Å². The second kappa shape index (κ2) is 5.24. The topological polar surface area (TPSA) is 74.8 Å². The number of aromatic amines is 1. The van der Waals surface area contributed by atoms with E-state index >= 15 is 0 Å². The summed E-state index contributed by atoms with van der Waals surface area (Å²) in [6, 6.07) is 13.3. The summed E-state index contributed by atoms with van der Waals surface area (Å²) < 4.78 is 28.1. The van der Waals surface area contributed by atoms with Gasteiger partial charge in [0, 0.05) is 5.39 Å². The van der Waals surface area contributed by atoms with Crippen LogP contribution in [-0.2, 0) is 16.4 Å². The van der Waals surface area contributed by atoms with Crippen molar-refractivity contribution in [1.29, 1.82) is 0 Å². The zero-order chi connectivity index (χ0) is 15.9. The van der Waals surface area contributed by atoms with Crippen LogP contribution in [0.3, 0.4) is 0 Å². The number of para-hydroxylation sites is 1. The molecule has 23 heavy (non-hydrogen) atoms. The van der Waals surface area contributed by atoms with Crippen LogP contribution in [0.4, 0.5) is 5.69 Å². The Hall–Kier alpha value is -2.60. The molecule has 4 rings (SSSR count). The first kappa shape index (κ1) is 14.0. The maximum Gasteiger partial charge on any atom is 0.258 e. The highest BCUT2D eigenvalue weighted by Gasteiger charge is 2.22. The van der Waals surface area contributed by atoms with E-state index in [0.717, 1.165) is 17.4 Å². The smallest absolute Gasteiger partial charge is 0.258 e. The Morgan fingerprint density at radius 2 is 1.91 bits per heavy atom. The summed E-state index contributed by atoms with van der Waals surface area (Å²) in [5.74, 6) is 0. The molecule has 0 fully saturated rings. The van der Waals surface area contributed by atoms with Gasteiger partial charge in [0.15, 0.2) is 0 Å². The average molecular weight is 325 g/mol. The highest BCUT2D eigenvalue weighted by atomic mass is 32.2. The van der Waals surface area contributed by atoms with Crippen LogP contribution in [0.2, 0.25) is 0 Å². The number of nitrogens with zero attached hydrogens (tertiary/aromatic N) is 1. The number of H-pyrrole nitrogens is 1. The Labute approximate surface area is 134 Å². The van der Waals surface area contributed by atoms with E-state index in [1.165, 1.54) is 5.56 Å². The number of hydrogen-bond acceptors (Lipinski definition) is 3. The molecule has 0 spiro atoms. The Morgan fingerprint density at radius 3 is 2.83 bits per heavy atom. The summed E-state index contributed by atoms with van der Waals surface area (Å²) in [7, 11) is -3.59. The molecule has 0 radical (unpaired) electrons. The van der Waals surface area contributed by atoms with Crippen LogP contribution >= 0.6 is 0 Å². The van der Waals surface area contributed by atoms with E-state index in [-0.39, 0.29) is 0 Å².